The number of hydrogen-bond acceptors (Lipinski definition) is 2. The van der Waals surface area contributed by atoms with Gasteiger partial charge in [-0.2, -0.15) is 0 Å². The Hall–Kier alpha value is -0.713. The first-order valence-electron chi connectivity index (χ1n) is 7.99. The van der Waals surface area contributed by atoms with Crippen molar-refractivity contribution in [2.24, 2.45) is 0 Å². The normalized spacial score (nSPS) is 15.9. The second kappa shape index (κ2) is 8.23. The van der Waals surface area contributed by atoms with Gasteiger partial charge in [-0.1, -0.05) is 52.3 Å². The molecule has 0 aromatic heterocycles. The summed E-state index contributed by atoms with van der Waals surface area (Å²) < 4.78 is 18.7. The average molecular weight is 339 g/mol. The molecule has 1 aromatic rings. The average Bonchev–Trinajstić information content (AvgIpc) is 2.44. The highest BCUT2D eigenvalue weighted by molar-refractivity contribution is 7.88. The Morgan fingerprint density at radius 3 is 2.32 bits per heavy atom. The lowest BCUT2D eigenvalue weighted by Gasteiger charge is -2.38. The Morgan fingerprint density at radius 2 is 1.82 bits per heavy atom. The van der Waals surface area contributed by atoms with E-state index >= 15 is 0 Å². The molecule has 2 nitrogen and oxygen atoms in total. The molecule has 0 unspecified atom stereocenters. The van der Waals surface area contributed by atoms with Crippen LogP contribution < -0.4 is 0 Å². The lowest BCUT2D eigenvalue weighted by atomic mass is 10.2. The van der Waals surface area contributed by atoms with Gasteiger partial charge >= 0.3 is 0 Å². The van der Waals surface area contributed by atoms with E-state index in [9.17, 15) is 4.21 Å². The molecule has 1 aromatic carbocycles. The van der Waals surface area contributed by atoms with E-state index in [4.69, 9.17) is 4.43 Å². The predicted octanol–water partition coefficient (Wildman–Crippen LogP) is 5.50. The van der Waals surface area contributed by atoms with Crippen LogP contribution in [0, 0.1) is 0 Å². The molecule has 0 saturated carbocycles. The van der Waals surface area contributed by atoms with Gasteiger partial charge in [-0.25, -0.2) is 4.21 Å². The minimum Gasteiger partial charge on any atom is -0.411 e. The summed E-state index contributed by atoms with van der Waals surface area (Å²) in [7, 11) is -2.91. The van der Waals surface area contributed by atoms with Gasteiger partial charge in [0.05, 0.1) is 16.9 Å². The molecule has 2 atom stereocenters. The van der Waals surface area contributed by atoms with Crippen LogP contribution in [-0.2, 0) is 15.2 Å². The molecule has 0 heterocycles. The Morgan fingerprint density at radius 1 is 1.23 bits per heavy atom. The van der Waals surface area contributed by atoms with Crippen molar-refractivity contribution < 1.29 is 8.63 Å². The molecule has 0 saturated heterocycles. The Bertz CT molecular complexity index is 504. The lowest BCUT2D eigenvalue weighted by molar-refractivity contribution is 0.214. The first-order valence-corrected chi connectivity index (χ1v) is 12.1. The fraction of sp³-hybridized carbons (Fsp3) is 0.556. The van der Waals surface area contributed by atoms with Crippen LogP contribution in [0.15, 0.2) is 46.7 Å². The van der Waals surface area contributed by atoms with E-state index in [0.717, 1.165) is 17.7 Å². The van der Waals surface area contributed by atoms with Gasteiger partial charge in [0.2, 0.25) is 0 Å². The SMILES string of the molecule is CCC[C@H](/C=C/[S@@](=O)c1ccccc1)O[Si](C)(C)C(C)(C)C. The molecular weight excluding hydrogens is 308 g/mol. The van der Waals surface area contributed by atoms with Crippen molar-refractivity contribution in [3.05, 3.63) is 41.8 Å². The Kier molecular flexibility index (Phi) is 7.23. The van der Waals surface area contributed by atoms with E-state index in [-0.39, 0.29) is 11.1 Å². The maximum Gasteiger partial charge on any atom is 0.192 e. The van der Waals surface area contributed by atoms with Crippen LogP contribution in [0.2, 0.25) is 18.1 Å². The third-order valence-electron chi connectivity index (χ3n) is 4.22. The monoisotopic (exact) mass is 338 g/mol. The highest BCUT2D eigenvalue weighted by atomic mass is 32.2. The third-order valence-corrected chi connectivity index (χ3v) is 9.86. The zero-order valence-corrected chi connectivity index (χ0v) is 16.6. The predicted molar refractivity (Wildman–Crippen MR) is 99.0 cm³/mol. The summed E-state index contributed by atoms with van der Waals surface area (Å²) in [5.41, 5.74) is 0. The minimum absolute atomic E-state index is 0.0542. The molecule has 124 valence electrons. The van der Waals surface area contributed by atoms with E-state index < -0.39 is 19.1 Å². The van der Waals surface area contributed by atoms with Gasteiger partial charge in [-0.15, -0.1) is 0 Å². The largest absolute Gasteiger partial charge is 0.411 e. The van der Waals surface area contributed by atoms with E-state index in [0.29, 0.717) is 0 Å². The first kappa shape index (κ1) is 19.3. The van der Waals surface area contributed by atoms with Crippen LogP contribution in [-0.4, -0.2) is 18.6 Å². The zero-order chi connectivity index (χ0) is 16.8. The quantitative estimate of drug-likeness (QED) is 0.614. The molecule has 1 rings (SSSR count). The van der Waals surface area contributed by atoms with Crippen LogP contribution in [0.1, 0.15) is 40.5 Å². The smallest absolute Gasteiger partial charge is 0.192 e. The standard InChI is InChI=1S/C18H30O2SSi/c1-7-11-16(20-22(5,6)18(2,3)4)14-15-21(19)17-12-9-8-10-13-17/h8-10,12-16H,7,11H2,1-6H3/b15-14+/t16-,21-/m1/s1. The molecule has 0 aliphatic heterocycles. The van der Waals surface area contributed by atoms with Crippen molar-refractivity contribution >= 4 is 19.1 Å². The van der Waals surface area contributed by atoms with Crippen LogP contribution >= 0.6 is 0 Å². The zero-order valence-electron chi connectivity index (χ0n) is 14.8. The van der Waals surface area contributed by atoms with Crippen molar-refractivity contribution in [3.8, 4) is 0 Å². The summed E-state index contributed by atoms with van der Waals surface area (Å²) in [4.78, 5) is 0.835. The molecular formula is C18H30O2SSi. The summed E-state index contributed by atoms with van der Waals surface area (Å²) in [5.74, 6) is 0. The fourth-order valence-corrected chi connectivity index (χ4v) is 4.03. The lowest BCUT2D eigenvalue weighted by Crippen LogP contribution is -2.43. The van der Waals surface area contributed by atoms with E-state index in [2.05, 4.69) is 40.8 Å². The Balaban J connectivity index is 2.80. The van der Waals surface area contributed by atoms with E-state index in [1.807, 2.05) is 36.4 Å². The molecule has 0 radical (unpaired) electrons. The summed E-state index contributed by atoms with van der Waals surface area (Å²) in [5, 5.41) is 1.97. The fourth-order valence-electron chi connectivity index (χ4n) is 1.83. The maximum absolute atomic E-state index is 12.3. The topological polar surface area (TPSA) is 26.3 Å². The maximum atomic E-state index is 12.3. The van der Waals surface area contributed by atoms with Gasteiger partial charge in [-0.3, -0.25) is 0 Å². The second-order valence-corrected chi connectivity index (χ2v) is 13.2. The second-order valence-electron chi connectivity index (χ2n) is 7.14. The molecule has 22 heavy (non-hydrogen) atoms. The highest BCUT2D eigenvalue weighted by Crippen LogP contribution is 2.37. The summed E-state index contributed by atoms with van der Waals surface area (Å²) in [6, 6.07) is 9.55. The summed E-state index contributed by atoms with van der Waals surface area (Å²) in [6.45, 7) is 13.4. The van der Waals surface area contributed by atoms with Crippen LogP contribution in [0.25, 0.3) is 0 Å². The van der Waals surface area contributed by atoms with Crippen LogP contribution in [0.3, 0.4) is 0 Å². The van der Waals surface area contributed by atoms with Gasteiger partial charge in [0.1, 0.15) is 0 Å². The van der Waals surface area contributed by atoms with Crippen molar-refractivity contribution in [1.29, 1.82) is 0 Å². The minimum atomic E-state index is -1.81. The molecule has 0 spiro atoms. The summed E-state index contributed by atoms with van der Waals surface area (Å²) in [6.07, 6.45) is 4.07. The van der Waals surface area contributed by atoms with Gasteiger partial charge in [0.15, 0.2) is 8.32 Å². The van der Waals surface area contributed by atoms with Crippen LogP contribution in [0.4, 0.5) is 0 Å². The van der Waals surface area contributed by atoms with Crippen molar-refractivity contribution in [3.63, 3.8) is 0 Å². The van der Waals surface area contributed by atoms with Crippen molar-refractivity contribution in [2.45, 2.75) is 69.7 Å². The highest BCUT2D eigenvalue weighted by Gasteiger charge is 2.38. The molecule has 0 bridgehead atoms. The van der Waals surface area contributed by atoms with Gasteiger partial charge in [-0.05, 0) is 42.8 Å². The van der Waals surface area contributed by atoms with E-state index in [1.54, 1.807) is 5.41 Å². The van der Waals surface area contributed by atoms with Gasteiger partial charge in [0.25, 0.3) is 0 Å². The number of rotatable bonds is 7. The molecule has 4 heteroatoms. The molecule has 0 aliphatic carbocycles. The van der Waals surface area contributed by atoms with Crippen molar-refractivity contribution in [2.75, 3.05) is 0 Å². The number of benzene rings is 1. The molecule has 0 amide bonds. The summed E-state index contributed by atoms with van der Waals surface area (Å²) >= 11 is 0. The van der Waals surface area contributed by atoms with E-state index in [1.165, 1.54) is 0 Å². The van der Waals surface area contributed by atoms with Crippen LogP contribution in [0.5, 0.6) is 0 Å². The van der Waals surface area contributed by atoms with Gasteiger partial charge in [0, 0.05) is 10.3 Å². The van der Waals surface area contributed by atoms with Gasteiger partial charge < -0.3 is 4.43 Å². The van der Waals surface area contributed by atoms with Crippen molar-refractivity contribution in [1.82, 2.24) is 0 Å². The molecule has 0 fully saturated rings. The Labute approximate surface area is 139 Å². The molecule has 0 N–H and O–H groups in total. The first-order chi connectivity index (χ1) is 10.2. The molecule has 0 aliphatic rings. The number of hydrogen-bond donors (Lipinski definition) is 0. The third kappa shape index (κ3) is 5.82.